The maximum absolute atomic E-state index is 5.59. The Labute approximate surface area is 108 Å². The summed E-state index contributed by atoms with van der Waals surface area (Å²) in [6.07, 6.45) is 4.28. The summed E-state index contributed by atoms with van der Waals surface area (Å²) in [5.74, 6) is 1.32. The van der Waals surface area contributed by atoms with Crippen molar-refractivity contribution in [3.8, 4) is 5.88 Å². The van der Waals surface area contributed by atoms with Gasteiger partial charge in [-0.2, -0.15) is 4.98 Å². The Morgan fingerprint density at radius 3 is 2.78 bits per heavy atom. The van der Waals surface area contributed by atoms with Gasteiger partial charge in [0.25, 0.3) is 0 Å². The summed E-state index contributed by atoms with van der Waals surface area (Å²) < 4.78 is 10.5. The predicted molar refractivity (Wildman–Crippen MR) is 71.0 cm³/mol. The molecule has 0 unspecified atom stereocenters. The highest BCUT2D eigenvalue weighted by atomic mass is 16.5. The van der Waals surface area contributed by atoms with Gasteiger partial charge in [0.05, 0.1) is 25.6 Å². The lowest BCUT2D eigenvalue weighted by Gasteiger charge is -2.22. The largest absolute Gasteiger partial charge is 0.477 e. The van der Waals surface area contributed by atoms with Crippen LogP contribution in [0.1, 0.15) is 13.3 Å². The van der Waals surface area contributed by atoms with Crippen molar-refractivity contribution in [1.29, 1.82) is 0 Å². The van der Waals surface area contributed by atoms with E-state index < -0.39 is 0 Å². The van der Waals surface area contributed by atoms with E-state index in [-0.39, 0.29) is 0 Å². The van der Waals surface area contributed by atoms with E-state index >= 15 is 0 Å². The second kappa shape index (κ2) is 8.66. The molecule has 0 radical (unpaired) electrons. The molecule has 1 aromatic heterocycles. The first-order valence-electron chi connectivity index (χ1n) is 6.20. The lowest BCUT2D eigenvalue weighted by molar-refractivity contribution is 0.205. The lowest BCUT2D eigenvalue weighted by atomic mass is 10.4. The van der Waals surface area contributed by atoms with Gasteiger partial charge in [0.2, 0.25) is 5.88 Å². The van der Waals surface area contributed by atoms with Crippen LogP contribution in [0.15, 0.2) is 12.4 Å². The molecule has 1 aromatic rings. The molecule has 1 heterocycles. The Morgan fingerprint density at radius 1 is 1.28 bits per heavy atom. The van der Waals surface area contributed by atoms with Gasteiger partial charge >= 0.3 is 0 Å². The molecular formula is C12H22N4O2. The summed E-state index contributed by atoms with van der Waals surface area (Å²) in [5.41, 5.74) is 5.59. The minimum absolute atomic E-state index is 0.550. The first kappa shape index (κ1) is 14.7. The van der Waals surface area contributed by atoms with Gasteiger partial charge in [0.1, 0.15) is 0 Å². The average molecular weight is 254 g/mol. The average Bonchev–Trinajstić information content (AvgIpc) is 2.41. The smallest absolute Gasteiger partial charge is 0.234 e. The molecule has 6 nitrogen and oxygen atoms in total. The molecule has 0 aliphatic rings. The fraction of sp³-hybridized carbons (Fsp3) is 0.667. The number of methoxy groups -OCH3 is 1. The number of hydrogen-bond donors (Lipinski definition) is 1. The minimum Gasteiger partial charge on any atom is -0.477 e. The molecule has 18 heavy (non-hydrogen) atoms. The summed E-state index contributed by atoms with van der Waals surface area (Å²) >= 11 is 0. The third kappa shape index (κ3) is 4.85. The normalized spacial score (nSPS) is 10.4. The van der Waals surface area contributed by atoms with Crippen LogP contribution in [0.2, 0.25) is 0 Å². The predicted octanol–water partition coefficient (Wildman–Crippen LogP) is 0.677. The second-order valence-electron chi connectivity index (χ2n) is 3.83. The fourth-order valence-electron chi connectivity index (χ4n) is 1.47. The number of anilines is 1. The van der Waals surface area contributed by atoms with E-state index in [1.807, 2.05) is 4.90 Å². The SMILES string of the molecule is CCCOc1cncc(N(CCN)CCOC)n1. The highest BCUT2D eigenvalue weighted by molar-refractivity contribution is 5.37. The summed E-state index contributed by atoms with van der Waals surface area (Å²) in [7, 11) is 1.67. The number of ether oxygens (including phenoxy) is 2. The Balaban J connectivity index is 2.70. The van der Waals surface area contributed by atoms with Crippen LogP contribution in [0.3, 0.4) is 0 Å². The van der Waals surface area contributed by atoms with Gasteiger partial charge in [0.15, 0.2) is 5.82 Å². The Morgan fingerprint density at radius 2 is 2.11 bits per heavy atom. The van der Waals surface area contributed by atoms with Gasteiger partial charge in [-0.25, -0.2) is 0 Å². The van der Waals surface area contributed by atoms with Crippen molar-refractivity contribution in [3.63, 3.8) is 0 Å². The van der Waals surface area contributed by atoms with Crippen LogP contribution in [-0.2, 0) is 4.74 Å². The minimum atomic E-state index is 0.550. The molecule has 0 spiro atoms. The number of aromatic nitrogens is 2. The van der Waals surface area contributed by atoms with E-state index in [9.17, 15) is 0 Å². The van der Waals surface area contributed by atoms with Crippen LogP contribution in [0.4, 0.5) is 5.82 Å². The summed E-state index contributed by atoms with van der Waals surface area (Å²) in [6, 6.07) is 0. The van der Waals surface area contributed by atoms with E-state index in [1.165, 1.54) is 0 Å². The van der Waals surface area contributed by atoms with Crippen LogP contribution in [0.25, 0.3) is 0 Å². The third-order valence-electron chi connectivity index (χ3n) is 2.34. The van der Waals surface area contributed by atoms with Gasteiger partial charge in [-0.3, -0.25) is 4.98 Å². The van der Waals surface area contributed by atoms with E-state index in [2.05, 4.69) is 16.9 Å². The molecule has 102 valence electrons. The van der Waals surface area contributed by atoms with Crippen molar-refractivity contribution in [2.45, 2.75) is 13.3 Å². The number of nitrogens with two attached hydrogens (primary N) is 1. The van der Waals surface area contributed by atoms with E-state index in [1.54, 1.807) is 19.5 Å². The molecule has 0 atom stereocenters. The van der Waals surface area contributed by atoms with Crippen molar-refractivity contribution in [1.82, 2.24) is 9.97 Å². The quantitative estimate of drug-likeness (QED) is 0.698. The first-order chi connectivity index (χ1) is 8.81. The first-order valence-corrected chi connectivity index (χ1v) is 6.20. The number of nitrogens with zero attached hydrogens (tertiary/aromatic N) is 3. The van der Waals surface area contributed by atoms with Crippen molar-refractivity contribution in [3.05, 3.63) is 12.4 Å². The molecule has 1 rings (SSSR count). The van der Waals surface area contributed by atoms with Crippen LogP contribution in [0.5, 0.6) is 5.88 Å². The third-order valence-corrected chi connectivity index (χ3v) is 2.34. The number of hydrogen-bond acceptors (Lipinski definition) is 6. The van der Waals surface area contributed by atoms with E-state index in [0.29, 0.717) is 25.6 Å². The zero-order valence-electron chi connectivity index (χ0n) is 11.1. The molecule has 0 aliphatic carbocycles. The highest BCUT2D eigenvalue weighted by Crippen LogP contribution is 2.13. The zero-order chi connectivity index (χ0) is 13.2. The summed E-state index contributed by atoms with van der Waals surface area (Å²) in [5, 5.41) is 0. The topological polar surface area (TPSA) is 73.5 Å². The number of rotatable bonds is 9. The molecule has 0 fully saturated rings. The van der Waals surface area contributed by atoms with Crippen molar-refractivity contribution < 1.29 is 9.47 Å². The van der Waals surface area contributed by atoms with Crippen LogP contribution in [-0.4, -0.2) is 49.9 Å². The Bertz CT molecular complexity index is 336. The van der Waals surface area contributed by atoms with Gasteiger partial charge < -0.3 is 20.1 Å². The fourth-order valence-corrected chi connectivity index (χ4v) is 1.47. The maximum Gasteiger partial charge on any atom is 0.234 e. The molecule has 0 bridgehead atoms. The molecule has 0 saturated carbocycles. The highest BCUT2D eigenvalue weighted by Gasteiger charge is 2.08. The van der Waals surface area contributed by atoms with Gasteiger partial charge in [0, 0.05) is 26.7 Å². The van der Waals surface area contributed by atoms with E-state index in [4.69, 9.17) is 15.2 Å². The Hall–Kier alpha value is -1.40. The van der Waals surface area contributed by atoms with Crippen LogP contribution < -0.4 is 15.4 Å². The van der Waals surface area contributed by atoms with Gasteiger partial charge in [-0.15, -0.1) is 0 Å². The molecule has 0 amide bonds. The van der Waals surface area contributed by atoms with Gasteiger partial charge in [-0.05, 0) is 6.42 Å². The second-order valence-corrected chi connectivity index (χ2v) is 3.83. The van der Waals surface area contributed by atoms with Crippen molar-refractivity contribution in [2.75, 3.05) is 44.9 Å². The summed E-state index contributed by atoms with van der Waals surface area (Å²) in [6.45, 7) is 5.34. The van der Waals surface area contributed by atoms with Crippen molar-refractivity contribution in [2.24, 2.45) is 5.73 Å². The van der Waals surface area contributed by atoms with Crippen molar-refractivity contribution >= 4 is 5.82 Å². The summed E-state index contributed by atoms with van der Waals surface area (Å²) in [4.78, 5) is 10.6. The zero-order valence-corrected chi connectivity index (χ0v) is 11.1. The van der Waals surface area contributed by atoms with E-state index in [0.717, 1.165) is 25.3 Å². The lowest BCUT2D eigenvalue weighted by Crippen LogP contribution is -2.33. The molecule has 0 aromatic carbocycles. The standard InChI is InChI=1S/C12H22N4O2/c1-3-7-18-12-10-14-9-11(15-12)16(5-4-13)6-8-17-2/h9-10H,3-8,13H2,1-2H3. The van der Waals surface area contributed by atoms with Crippen LogP contribution >= 0.6 is 0 Å². The molecule has 0 saturated heterocycles. The monoisotopic (exact) mass is 254 g/mol. The maximum atomic E-state index is 5.59. The molecule has 6 heteroatoms. The molecule has 2 N–H and O–H groups in total. The molecule has 0 aliphatic heterocycles. The van der Waals surface area contributed by atoms with Crippen LogP contribution in [0, 0.1) is 0 Å². The molecular weight excluding hydrogens is 232 g/mol. The van der Waals surface area contributed by atoms with Gasteiger partial charge in [-0.1, -0.05) is 6.92 Å². The Kier molecular flexibility index (Phi) is 7.05.